The van der Waals surface area contributed by atoms with E-state index in [1.807, 2.05) is 6.07 Å². The molecule has 3 heteroatoms. The molecule has 2 aromatic carbocycles. The van der Waals surface area contributed by atoms with Crippen molar-refractivity contribution in [3.63, 3.8) is 0 Å². The maximum Gasteiger partial charge on any atom is 0.251 e. The molecule has 1 amide bonds. The lowest BCUT2D eigenvalue weighted by atomic mass is 9.79. The van der Waals surface area contributed by atoms with Gasteiger partial charge in [-0.25, -0.2) is 0 Å². The minimum absolute atomic E-state index is 0.0454. The summed E-state index contributed by atoms with van der Waals surface area (Å²) in [6, 6.07) is 19.4. The van der Waals surface area contributed by atoms with E-state index in [9.17, 15) is 4.79 Å². The van der Waals surface area contributed by atoms with Gasteiger partial charge in [0.1, 0.15) is 0 Å². The summed E-state index contributed by atoms with van der Waals surface area (Å²) < 4.78 is 0. The van der Waals surface area contributed by atoms with Gasteiger partial charge in [0, 0.05) is 17.5 Å². The quantitative estimate of drug-likeness (QED) is 0.934. The van der Waals surface area contributed by atoms with E-state index in [0.29, 0.717) is 17.7 Å². The van der Waals surface area contributed by atoms with Crippen molar-refractivity contribution < 1.29 is 4.79 Å². The van der Waals surface area contributed by atoms with Crippen LogP contribution < -0.4 is 5.32 Å². The van der Waals surface area contributed by atoms with E-state index in [2.05, 4.69) is 35.7 Å². The minimum Gasteiger partial charge on any atom is -0.351 e. The Morgan fingerprint density at radius 3 is 2.52 bits per heavy atom. The molecular weight excluding hydrogens is 284 g/mol. The van der Waals surface area contributed by atoms with Gasteiger partial charge in [0.15, 0.2) is 0 Å². The molecule has 0 spiro atoms. The maximum absolute atomic E-state index is 12.4. The van der Waals surface area contributed by atoms with Crippen LogP contribution in [0.15, 0.2) is 54.6 Å². The topological polar surface area (TPSA) is 52.9 Å². The number of carbonyl (C=O) groups excluding carboxylic acids is 1. The minimum atomic E-state index is -0.107. The van der Waals surface area contributed by atoms with Gasteiger partial charge in [-0.05, 0) is 36.6 Å². The Bertz CT molecular complexity index is 725. The van der Waals surface area contributed by atoms with Crippen molar-refractivity contribution in [1.29, 1.82) is 5.26 Å². The van der Waals surface area contributed by atoms with E-state index in [0.717, 1.165) is 12.8 Å². The molecule has 1 fully saturated rings. The van der Waals surface area contributed by atoms with Crippen LogP contribution in [0.5, 0.6) is 0 Å². The van der Waals surface area contributed by atoms with Gasteiger partial charge < -0.3 is 5.32 Å². The molecule has 1 saturated carbocycles. The molecule has 0 aliphatic heterocycles. The number of nitrogens with zero attached hydrogens (tertiary/aromatic N) is 1. The highest BCUT2D eigenvalue weighted by molar-refractivity contribution is 5.94. The van der Waals surface area contributed by atoms with E-state index in [-0.39, 0.29) is 11.3 Å². The zero-order valence-corrected chi connectivity index (χ0v) is 13.1. The number of hydrogen-bond acceptors (Lipinski definition) is 2. The second kappa shape index (κ2) is 6.66. The molecule has 0 heterocycles. The summed E-state index contributed by atoms with van der Waals surface area (Å²) in [5.74, 6) is -0.107. The molecule has 116 valence electrons. The maximum atomic E-state index is 12.4. The Morgan fingerprint density at radius 2 is 1.83 bits per heavy atom. The van der Waals surface area contributed by atoms with Gasteiger partial charge in [0.25, 0.3) is 5.91 Å². The number of nitriles is 1. The highest BCUT2D eigenvalue weighted by atomic mass is 16.1. The first-order valence-electron chi connectivity index (χ1n) is 8.07. The Hall–Kier alpha value is -2.60. The SMILES string of the molecule is N#Cc1cccc(C(=O)NCC2(c3ccccc3)CCCC2)c1. The number of rotatable bonds is 4. The molecule has 0 unspecified atom stereocenters. The van der Waals surface area contributed by atoms with Crippen molar-refractivity contribution in [2.45, 2.75) is 31.1 Å². The Kier molecular flexibility index (Phi) is 4.43. The molecule has 0 radical (unpaired) electrons. The molecule has 3 rings (SSSR count). The predicted molar refractivity (Wildman–Crippen MR) is 90.1 cm³/mol. The van der Waals surface area contributed by atoms with Crippen LogP contribution in [0, 0.1) is 11.3 Å². The number of hydrogen-bond donors (Lipinski definition) is 1. The summed E-state index contributed by atoms with van der Waals surface area (Å²) in [6.07, 6.45) is 4.62. The Morgan fingerprint density at radius 1 is 1.09 bits per heavy atom. The van der Waals surface area contributed by atoms with Crippen LogP contribution >= 0.6 is 0 Å². The fourth-order valence-corrected chi connectivity index (χ4v) is 3.49. The number of nitrogens with one attached hydrogen (secondary N) is 1. The van der Waals surface area contributed by atoms with Crippen LogP contribution in [0.4, 0.5) is 0 Å². The van der Waals surface area contributed by atoms with Crippen LogP contribution in [0.1, 0.15) is 47.2 Å². The molecule has 0 bridgehead atoms. The van der Waals surface area contributed by atoms with Gasteiger partial charge >= 0.3 is 0 Å². The summed E-state index contributed by atoms with van der Waals surface area (Å²) in [5.41, 5.74) is 2.41. The first kappa shape index (κ1) is 15.3. The van der Waals surface area contributed by atoms with Crippen LogP contribution in [-0.2, 0) is 5.41 Å². The van der Waals surface area contributed by atoms with Gasteiger partial charge in [-0.2, -0.15) is 5.26 Å². The fourth-order valence-electron chi connectivity index (χ4n) is 3.49. The molecular formula is C20H20N2O. The van der Waals surface area contributed by atoms with Crippen LogP contribution in [0.3, 0.4) is 0 Å². The molecule has 2 aromatic rings. The lowest BCUT2D eigenvalue weighted by Crippen LogP contribution is -2.39. The lowest BCUT2D eigenvalue weighted by Gasteiger charge is -2.30. The van der Waals surface area contributed by atoms with Crippen molar-refractivity contribution in [1.82, 2.24) is 5.32 Å². The molecule has 1 aliphatic carbocycles. The average Bonchev–Trinajstić information content (AvgIpc) is 3.11. The number of carbonyl (C=O) groups is 1. The van der Waals surface area contributed by atoms with Crippen LogP contribution in [-0.4, -0.2) is 12.5 Å². The molecule has 23 heavy (non-hydrogen) atoms. The normalized spacial score (nSPS) is 15.8. The zero-order valence-electron chi connectivity index (χ0n) is 13.1. The third-order valence-corrected chi connectivity index (χ3v) is 4.79. The van der Waals surface area contributed by atoms with E-state index >= 15 is 0 Å². The van der Waals surface area contributed by atoms with Crippen molar-refractivity contribution in [3.05, 3.63) is 71.3 Å². The molecule has 1 N–H and O–H groups in total. The van der Waals surface area contributed by atoms with E-state index in [4.69, 9.17) is 5.26 Å². The summed E-state index contributed by atoms with van der Waals surface area (Å²) in [6.45, 7) is 0.645. The summed E-state index contributed by atoms with van der Waals surface area (Å²) >= 11 is 0. The average molecular weight is 304 g/mol. The first-order chi connectivity index (χ1) is 11.2. The summed E-state index contributed by atoms with van der Waals surface area (Å²) in [4.78, 5) is 12.4. The zero-order chi connectivity index (χ0) is 16.1. The van der Waals surface area contributed by atoms with Crippen molar-refractivity contribution in [3.8, 4) is 6.07 Å². The second-order valence-electron chi connectivity index (χ2n) is 6.23. The Labute approximate surface area is 137 Å². The predicted octanol–water partition coefficient (Wildman–Crippen LogP) is 3.80. The smallest absolute Gasteiger partial charge is 0.251 e. The molecule has 0 aromatic heterocycles. The van der Waals surface area contributed by atoms with Crippen molar-refractivity contribution in [2.75, 3.05) is 6.54 Å². The molecule has 3 nitrogen and oxygen atoms in total. The fraction of sp³-hybridized carbons (Fsp3) is 0.300. The van der Waals surface area contributed by atoms with Crippen LogP contribution in [0.25, 0.3) is 0 Å². The third-order valence-electron chi connectivity index (χ3n) is 4.79. The van der Waals surface area contributed by atoms with E-state index in [1.54, 1.807) is 24.3 Å². The number of benzene rings is 2. The summed E-state index contributed by atoms with van der Waals surface area (Å²) in [7, 11) is 0. The molecule has 1 aliphatic rings. The van der Waals surface area contributed by atoms with Crippen molar-refractivity contribution >= 4 is 5.91 Å². The van der Waals surface area contributed by atoms with Crippen LogP contribution in [0.2, 0.25) is 0 Å². The second-order valence-corrected chi connectivity index (χ2v) is 6.23. The highest BCUT2D eigenvalue weighted by Gasteiger charge is 2.35. The van der Waals surface area contributed by atoms with Gasteiger partial charge in [-0.15, -0.1) is 0 Å². The van der Waals surface area contributed by atoms with Gasteiger partial charge in [-0.1, -0.05) is 49.2 Å². The third kappa shape index (κ3) is 3.27. The van der Waals surface area contributed by atoms with Gasteiger partial charge in [-0.3, -0.25) is 4.79 Å². The lowest BCUT2D eigenvalue weighted by molar-refractivity contribution is 0.0943. The van der Waals surface area contributed by atoms with E-state index < -0.39 is 0 Å². The summed E-state index contributed by atoms with van der Waals surface area (Å²) in [5, 5.41) is 12.0. The Balaban J connectivity index is 1.75. The standard InChI is InChI=1S/C20H20N2O/c21-14-16-7-6-8-17(13-16)19(23)22-15-20(11-4-5-12-20)18-9-2-1-3-10-18/h1-3,6-10,13H,4-5,11-12,15H2,(H,22,23). The van der Waals surface area contributed by atoms with Gasteiger partial charge in [0.2, 0.25) is 0 Å². The molecule has 0 saturated heterocycles. The monoisotopic (exact) mass is 304 g/mol. The highest BCUT2D eigenvalue weighted by Crippen LogP contribution is 2.40. The number of amides is 1. The first-order valence-corrected chi connectivity index (χ1v) is 8.07. The van der Waals surface area contributed by atoms with Gasteiger partial charge in [0.05, 0.1) is 11.6 Å². The van der Waals surface area contributed by atoms with Crippen molar-refractivity contribution in [2.24, 2.45) is 0 Å². The molecule has 0 atom stereocenters. The van der Waals surface area contributed by atoms with E-state index in [1.165, 1.54) is 18.4 Å². The largest absolute Gasteiger partial charge is 0.351 e.